The summed E-state index contributed by atoms with van der Waals surface area (Å²) in [4.78, 5) is 6.49. The number of rotatable bonds is 5. The summed E-state index contributed by atoms with van der Waals surface area (Å²) in [6, 6.07) is 8.46. The Kier molecular flexibility index (Phi) is 6.22. The van der Waals surface area contributed by atoms with E-state index in [0.717, 1.165) is 31.9 Å². The molecule has 0 atom stereocenters. The summed E-state index contributed by atoms with van der Waals surface area (Å²) < 4.78 is 0. The molecule has 0 aliphatic rings. The average molecular weight is 248 g/mol. The van der Waals surface area contributed by atoms with Gasteiger partial charge < -0.3 is 4.90 Å². The van der Waals surface area contributed by atoms with E-state index in [0.29, 0.717) is 0 Å². The van der Waals surface area contributed by atoms with Crippen LogP contribution in [0.5, 0.6) is 0 Å². The monoisotopic (exact) mass is 248 g/mol. The van der Waals surface area contributed by atoms with Crippen molar-refractivity contribution in [2.24, 2.45) is 10.8 Å². The van der Waals surface area contributed by atoms with Gasteiger partial charge in [-0.1, -0.05) is 43.2 Å². The summed E-state index contributed by atoms with van der Waals surface area (Å²) in [7, 11) is 1.99. The smallest absolute Gasteiger partial charge is 0.208 e. The Labute approximate surface area is 110 Å². The highest BCUT2D eigenvalue weighted by molar-refractivity contribution is 5.79. The molecule has 0 aromatic heterocycles. The van der Waals surface area contributed by atoms with Gasteiger partial charge in [-0.3, -0.25) is 10.4 Å². The summed E-state index contributed by atoms with van der Waals surface area (Å²) in [5, 5.41) is 0. The molecular weight excluding hydrogens is 224 g/mol. The second-order valence-corrected chi connectivity index (χ2v) is 4.55. The van der Waals surface area contributed by atoms with Crippen molar-refractivity contribution in [1.29, 1.82) is 0 Å². The van der Waals surface area contributed by atoms with Crippen molar-refractivity contribution in [1.82, 2.24) is 10.3 Å². The van der Waals surface area contributed by atoms with Crippen molar-refractivity contribution in [2.45, 2.75) is 33.2 Å². The summed E-state index contributed by atoms with van der Waals surface area (Å²) in [6.45, 7) is 5.87. The number of benzene rings is 1. The second-order valence-electron chi connectivity index (χ2n) is 4.55. The normalized spacial score (nSPS) is 11.4. The van der Waals surface area contributed by atoms with Gasteiger partial charge in [0, 0.05) is 20.1 Å². The molecule has 100 valence electrons. The maximum absolute atomic E-state index is 5.52. The highest BCUT2D eigenvalue weighted by Crippen LogP contribution is 2.06. The lowest BCUT2D eigenvalue weighted by Crippen LogP contribution is -2.42. The minimum Gasteiger partial charge on any atom is -0.341 e. The van der Waals surface area contributed by atoms with Crippen molar-refractivity contribution in [3.63, 3.8) is 0 Å². The molecule has 0 aliphatic carbocycles. The van der Waals surface area contributed by atoms with Gasteiger partial charge in [0.2, 0.25) is 5.96 Å². The molecule has 1 rings (SSSR count). The maximum atomic E-state index is 5.52. The summed E-state index contributed by atoms with van der Waals surface area (Å²) in [5.41, 5.74) is 5.20. The number of aryl methyl sites for hydroxylation is 1. The van der Waals surface area contributed by atoms with Crippen LogP contribution in [-0.4, -0.2) is 24.5 Å². The molecule has 1 aromatic rings. The van der Waals surface area contributed by atoms with Gasteiger partial charge in [-0.2, -0.15) is 0 Å². The zero-order valence-electron chi connectivity index (χ0n) is 11.6. The highest BCUT2D eigenvalue weighted by Gasteiger charge is 2.05. The molecule has 0 saturated heterocycles. The van der Waals surface area contributed by atoms with Crippen LogP contribution in [0.2, 0.25) is 0 Å². The van der Waals surface area contributed by atoms with Crippen molar-refractivity contribution in [3.8, 4) is 0 Å². The highest BCUT2D eigenvalue weighted by atomic mass is 15.4. The first-order valence-corrected chi connectivity index (χ1v) is 6.45. The van der Waals surface area contributed by atoms with E-state index in [9.17, 15) is 0 Å². The fourth-order valence-electron chi connectivity index (χ4n) is 1.78. The third-order valence-corrected chi connectivity index (χ3v) is 2.77. The molecule has 3 N–H and O–H groups in total. The molecule has 0 radical (unpaired) electrons. The molecule has 0 fully saturated rings. The average Bonchev–Trinajstić information content (AvgIpc) is 2.34. The Bertz CT molecular complexity index is 387. The van der Waals surface area contributed by atoms with Crippen LogP contribution in [0.25, 0.3) is 0 Å². The molecule has 0 heterocycles. The predicted molar refractivity (Wildman–Crippen MR) is 77.2 cm³/mol. The van der Waals surface area contributed by atoms with E-state index in [4.69, 9.17) is 5.84 Å². The van der Waals surface area contributed by atoms with Gasteiger partial charge in [0.1, 0.15) is 0 Å². The van der Waals surface area contributed by atoms with E-state index in [2.05, 4.69) is 48.5 Å². The van der Waals surface area contributed by atoms with Crippen LogP contribution >= 0.6 is 0 Å². The van der Waals surface area contributed by atoms with Gasteiger partial charge in [0.05, 0.1) is 0 Å². The number of nitrogens with two attached hydrogens (primary N) is 1. The van der Waals surface area contributed by atoms with Crippen LogP contribution in [-0.2, 0) is 6.54 Å². The summed E-state index contributed by atoms with van der Waals surface area (Å²) >= 11 is 0. The number of nitrogens with one attached hydrogen (secondary N) is 1. The van der Waals surface area contributed by atoms with E-state index in [1.165, 1.54) is 11.1 Å². The van der Waals surface area contributed by atoms with E-state index in [-0.39, 0.29) is 0 Å². The molecule has 1 aromatic carbocycles. The quantitative estimate of drug-likeness (QED) is 0.276. The molecule has 4 heteroatoms. The van der Waals surface area contributed by atoms with E-state index >= 15 is 0 Å². The molecule has 0 unspecified atom stereocenters. The van der Waals surface area contributed by atoms with Crippen molar-refractivity contribution >= 4 is 5.96 Å². The first-order chi connectivity index (χ1) is 8.67. The Morgan fingerprint density at radius 2 is 2.22 bits per heavy atom. The molecule has 4 nitrogen and oxygen atoms in total. The van der Waals surface area contributed by atoms with Crippen LogP contribution < -0.4 is 11.3 Å². The van der Waals surface area contributed by atoms with E-state index in [1.807, 2.05) is 11.9 Å². The lowest BCUT2D eigenvalue weighted by atomic mass is 10.1. The number of unbranched alkanes of at least 4 members (excludes halogenated alkanes) is 1. The molecule has 0 saturated carbocycles. The minimum absolute atomic E-state index is 0.741. The molecular formula is C14H24N4. The van der Waals surface area contributed by atoms with Crippen molar-refractivity contribution < 1.29 is 0 Å². The standard InChI is InChI=1S/C14H24N4/c1-4-5-9-16-14(17-15)18(3)11-13-8-6-7-12(2)10-13/h6-8,10H,4-5,9,11,15H2,1-3H3,(H,16,17). The van der Waals surface area contributed by atoms with Crippen LogP contribution in [0.1, 0.15) is 30.9 Å². The van der Waals surface area contributed by atoms with Crippen molar-refractivity contribution in [3.05, 3.63) is 35.4 Å². The number of guanidine groups is 1. The van der Waals surface area contributed by atoms with Gasteiger partial charge in [-0.15, -0.1) is 0 Å². The van der Waals surface area contributed by atoms with Gasteiger partial charge in [0.15, 0.2) is 0 Å². The van der Waals surface area contributed by atoms with E-state index < -0.39 is 0 Å². The van der Waals surface area contributed by atoms with Crippen LogP contribution in [0.15, 0.2) is 29.3 Å². The van der Waals surface area contributed by atoms with Gasteiger partial charge >= 0.3 is 0 Å². The molecule has 0 bridgehead atoms. The number of hydrazine groups is 1. The third kappa shape index (κ3) is 4.75. The topological polar surface area (TPSA) is 53.6 Å². The lowest BCUT2D eigenvalue weighted by molar-refractivity contribution is 0.476. The maximum Gasteiger partial charge on any atom is 0.208 e. The summed E-state index contributed by atoms with van der Waals surface area (Å²) in [5.74, 6) is 6.26. The van der Waals surface area contributed by atoms with Gasteiger partial charge in [-0.05, 0) is 18.9 Å². The molecule has 0 aliphatic heterocycles. The minimum atomic E-state index is 0.741. The first-order valence-electron chi connectivity index (χ1n) is 6.45. The van der Waals surface area contributed by atoms with Gasteiger partial charge in [-0.25, -0.2) is 5.84 Å². The van der Waals surface area contributed by atoms with Gasteiger partial charge in [0.25, 0.3) is 0 Å². The number of hydrogen-bond acceptors (Lipinski definition) is 2. The van der Waals surface area contributed by atoms with Crippen LogP contribution in [0, 0.1) is 6.92 Å². The summed E-state index contributed by atoms with van der Waals surface area (Å²) in [6.07, 6.45) is 2.23. The molecule has 18 heavy (non-hydrogen) atoms. The Morgan fingerprint density at radius 1 is 1.44 bits per heavy atom. The first kappa shape index (κ1) is 14.5. The second kappa shape index (κ2) is 7.71. The fourth-order valence-corrected chi connectivity index (χ4v) is 1.78. The molecule has 0 spiro atoms. The Morgan fingerprint density at radius 3 is 2.83 bits per heavy atom. The van der Waals surface area contributed by atoms with Crippen molar-refractivity contribution in [2.75, 3.05) is 13.6 Å². The predicted octanol–water partition coefficient (Wildman–Crippen LogP) is 2.05. The van der Waals surface area contributed by atoms with Crippen LogP contribution in [0.3, 0.4) is 0 Å². The van der Waals surface area contributed by atoms with Crippen LogP contribution in [0.4, 0.5) is 0 Å². The third-order valence-electron chi connectivity index (χ3n) is 2.77. The lowest BCUT2D eigenvalue weighted by Gasteiger charge is -2.21. The number of hydrogen-bond donors (Lipinski definition) is 2. The number of nitrogens with zero attached hydrogens (tertiary/aromatic N) is 2. The van der Waals surface area contributed by atoms with E-state index in [1.54, 1.807) is 0 Å². The number of aliphatic imine (C=N–C) groups is 1. The fraction of sp³-hybridized carbons (Fsp3) is 0.500. The Hall–Kier alpha value is -1.55. The SMILES string of the molecule is CCCCN=C(NN)N(C)Cc1cccc(C)c1. The Balaban J connectivity index is 2.61. The molecule has 0 amide bonds. The zero-order chi connectivity index (χ0) is 13.4. The zero-order valence-corrected chi connectivity index (χ0v) is 11.6. The largest absolute Gasteiger partial charge is 0.341 e.